The van der Waals surface area contributed by atoms with Crippen molar-refractivity contribution in [2.24, 2.45) is 17.4 Å². The molecule has 4 amide bonds. The summed E-state index contributed by atoms with van der Waals surface area (Å²) >= 11 is 0. The van der Waals surface area contributed by atoms with E-state index in [0.29, 0.717) is 0 Å². The van der Waals surface area contributed by atoms with E-state index in [0.717, 1.165) is 5.92 Å². The third kappa shape index (κ3) is 19.1. The molecule has 0 bridgehead atoms. The van der Waals surface area contributed by atoms with E-state index in [4.69, 9.17) is 0 Å². The third-order valence-electron chi connectivity index (χ3n) is 3.14. The van der Waals surface area contributed by atoms with Crippen LogP contribution in [-0.2, 0) is 0 Å². The Morgan fingerprint density at radius 3 is 1.25 bits per heavy atom. The zero-order chi connectivity index (χ0) is 15.8. The van der Waals surface area contributed by atoms with E-state index in [-0.39, 0.29) is 0 Å². The molecule has 0 radical (unpaired) electrons. The van der Waals surface area contributed by atoms with E-state index in [1.54, 1.807) is 5.32 Å². The lowest BCUT2D eigenvalue weighted by atomic mass is 9.91. The summed E-state index contributed by atoms with van der Waals surface area (Å²) in [5, 5.41) is 1.58. The average Bonchev–Trinajstić information content (AvgIpc) is 2.37. The van der Waals surface area contributed by atoms with Crippen LogP contribution < -0.4 is 16.8 Å². The number of nitrogens with two attached hydrogens (primary N) is 2. The summed E-state index contributed by atoms with van der Waals surface area (Å²) < 4.78 is 0. The Labute approximate surface area is 123 Å². The summed E-state index contributed by atoms with van der Waals surface area (Å²) in [6.07, 6.45) is 12.9. The van der Waals surface area contributed by atoms with Crippen molar-refractivity contribution in [1.82, 2.24) is 5.32 Å². The molecular weight excluding hydrogens is 254 g/mol. The van der Waals surface area contributed by atoms with Gasteiger partial charge < -0.3 is 11.5 Å². The highest BCUT2D eigenvalue weighted by Gasteiger charge is 2.06. The van der Waals surface area contributed by atoms with Crippen LogP contribution in [0.2, 0.25) is 0 Å². The van der Waals surface area contributed by atoms with Crippen LogP contribution >= 0.6 is 0 Å². The summed E-state index contributed by atoms with van der Waals surface area (Å²) in [6, 6.07) is -1.88. The van der Waals surface area contributed by atoms with Gasteiger partial charge in [-0.3, -0.25) is 5.32 Å². The zero-order valence-electron chi connectivity index (χ0n) is 13.4. The summed E-state index contributed by atoms with van der Waals surface area (Å²) in [5.74, 6) is 1.04. The molecule has 0 aliphatic rings. The van der Waals surface area contributed by atoms with Crippen molar-refractivity contribution in [2.75, 3.05) is 0 Å². The maximum absolute atomic E-state index is 9.62. The number of carbonyl (C=O) groups is 2. The molecule has 0 aromatic rings. The normalized spacial score (nSPS) is 9.80. The zero-order valence-corrected chi connectivity index (χ0v) is 13.4. The molecule has 0 unspecified atom stereocenters. The minimum Gasteiger partial charge on any atom is -0.351 e. The molecule has 0 heterocycles. The number of amides is 4. The number of hydrogen-bond donors (Lipinski definition) is 3. The van der Waals surface area contributed by atoms with Gasteiger partial charge in [0.1, 0.15) is 0 Å². The van der Waals surface area contributed by atoms with Gasteiger partial charge in [0.2, 0.25) is 0 Å². The topological polar surface area (TPSA) is 98.2 Å². The van der Waals surface area contributed by atoms with Crippen molar-refractivity contribution in [2.45, 2.75) is 78.6 Å². The van der Waals surface area contributed by atoms with Gasteiger partial charge in [-0.15, -0.1) is 0 Å². The van der Waals surface area contributed by atoms with Crippen LogP contribution in [-0.4, -0.2) is 12.1 Å². The summed E-state index contributed by atoms with van der Waals surface area (Å²) in [4.78, 5) is 19.2. The van der Waals surface area contributed by atoms with Crippen LogP contribution in [0.15, 0.2) is 0 Å². The maximum Gasteiger partial charge on any atom is 0.320 e. The monoisotopic (exact) mass is 287 g/mol. The van der Waals surface area contributed by atoms with E-state index in [1.165, 1.54) is 57.8 Å². The fourth-order valence-electron chi connectivity index (χ4n) is 2.03. The number of urea groups is 2. The van der Waals surface area contributed by atoms with Crippen LogP contribution in [0, 0.1) is 5.92 Å². The van der Waals surface area contributed by atoms with Gasteiger partial charge in [-0.05, 0) is 5.92 Å². The maximum atomic E-state index is 9.62. The van der Waals surface area contributed by atoms with Gasteiger partial charge in [0.15, 0.2) is 0 Å². The first-order valence-electron chi connectivity index (χ1n) is 7.83. The molecular formula is C15H33N3O2. The highest BCUT2D eigenvalue weighted by atomic mass is 16.2. The molecule has 0 aliphatic heterocycles. The third-order valence-corrected chi connectivity index (χ3v) is 3.14. The first-order valence-corrected chi connectivity index (χ1v) is 7.83. The molecule has 0 aromatic heterocycles. The number of rotatable bonds is 9. The van der Waals surface area contributed by atoms with Gasteiger partial charge in [0, 0.05) is 0 Å². The minimum absolute atomic E-state index is 0.937. The van der Waals surface area contributed by atoms with Crippen LogP contribution in [0.3, 0.4) is 0 Å². The average molecular weight is 287 g/mol. The summed E-state index contributed by atoms with van der Waals surface area (Å²) in [5.41, 5.74) is 8.88. The molecule has 120 valence electrons. The molecule has 0 atom stereocenters. The smallest absolute Gasteiger partial charge is 0.320 e. The van der Waals surface area contributed by atoms with Crippen molar-refractivity contribution in [3.05, 3.63) is 0 Å². The van der Waals surface area contributed by atoms with Crippen LogP contribution in [0.25, 0.3) is 0 Å². The Kier molecular flexibility index (Phi) is 16.6. The lowest BCUT2D eigenvalue weighted by Crippen LogP contribution is -2.38. The van der Waals surface area contributed by atoms with Gasteiger partial charge in [0.25, 0.3) is 0 Å². The molecule has 5 nitrogen and oxygen atoms in total. The lowest BCUT2D eigenvalue weighted by Gasteiger charge is -2.15. The Morgan fingerprint density at radius 1 is 0.800 bits per heavy atom. The van der Waals surface area contributed by atoms with Crippen molar-refractivity contribution >= 4 is 12.1 Å². The van der Waals surface area contributed by atoms with Gasteiger partial charge in [-0.2, -0.15) is 0 Å². The summed E-state index contributed by atoms with van der Waals surface area (Å²) in [7, 11) is 0. The Balaban J connectivity index is 0. The Hall–Kier alpha value is -1.26. The summed E-state index contributed by atoms with van der Waals surface area (Å²) in [6.45, 7) is 6.91. The van der Waals surface area contributed by atoms with E-state index in [9.17, 15) is 9.59 Å². The Bertz CT molecular complexity index is 214. The highest BCUT2D eigenvalue weighted by Crippen LogP contribution is 2.21. The molecule has 5 heteroatoms. The van der Waals surface area contributed by atoms with E-state index >= 15 is 0 Å². The predicted molar refractivity (Wildman–Crippen MR) is 84.4 cm³/mol. The molecule has 0 rings (SSSR count). The minimum atomic E-state index is -0.938. The van der Waals surface area contributed by atoms with Crippen LogP contribution in [0.1, 0.15) is 78.6 Å². The predicted octanol–water partition coefficient (Wildman–Crippen LogP) is 3.91. The van der Waals surface area contributed by atoms with Gasteiger partial charge >= 0.3 is 12.1 Å². The fraction of sp³-hybridized carbons (Fsp3) is 0.867. The van der Waals surface area contributed by atoms with Crippen molar-refractivity contribution < 1.29 is 9.59 Å². The molecule has 20 heavy (non-hydrogen) atoms. The van der Waals surface area contributed by atoms with Crippen LogP contribution in [0.5, 0.6) is 0 Å². The largest absolute Gasteiger partial charge is 0.351 e. The second-order valence-corrected chi connectivity index (χ2v) is 5.15. The molecule has 0 aliphatic carbocycles. The number of hydrogen-bond acceptors (Lipinski definition) is 2. The second-order valence-electron chi connectivity index (χ2n) is 5.15. The SMILES string of the molecule is CCCCC(CCCC)CCCC.NC(=O)NC(N)=O. The van der Waals surface area contributed by atoms with Gasteiger partial charge in [-0.25, -0.2) is 9.59 Å². The lowest BCUT2D eigenvalue weighted by molar-refractivity contribution is 0.236. The number of unbranched alkanes of at least 4 members (excludes halogenated alkanes) is 3. The molecule has 5 N–H and O–H groups in total. The molecule has 0 fully saturated rings. The number of carbonyl (C=O) groups excluding carboxylic acids is 2. The quantitative estimate of drug-likeness (QED) is 0.599. The fourth-order valence-corrected chi connectivity index (χ4v) is 2.03. The first-order chi connectivity index (χ1) is 9.47. The van der Waals surface area contributed by atoms with Crippen molar-refractivity contribution in [1.29, 1.82) is 0 Å². The number of imide groups is 1. The Morgan fingerprint density at radius 2 is 1.10 bits per heavy atom. The highest BCUT2D eigenvalue weighted by molar-refractivity contribution is 5.91. The van der Waals surface area contributed by atoms with Crippen molar-refractivity contribution in [3.63, 3.8) is 0 Å². The molecule has 0 aromatic carbocycles. The van der Waals surface area contributed by atoms with Crippen molar-refractivity contribution in [3.8, 4) is 0 Å². The van der Waals surface area contributed by atoms with E-state index in [2.05, 4.69) is 32.2 Å². The van der Waals surface area contributed by atoms with Gasteiger partial charge in [0.05, 0.1) is 0 Å². The molecule has 0 saturated carbocycles. The standard InChI is InChI=1S/C13H28.C2H5N3O2/c1-4-7-10-13(11-8-5-2)12-9-6-3;3-1(6)5-2(4)7/h13H,4-12H2,1-3H3;(H5,3,4,5,6,7). The second kappa shape index (κ2) is 15.8. The van der Waals surface area contributed by atoms with Crippen LogP contribution in [0.4, 0.5) is 9.59 Å². The number of nitrogens with one attached hydrogen (secondary N) is 1. The van der Waals surface area contributed by atoms with E-state index in [1.807, 2.05) is 0 Å². The number of primary amides is 2. The first kappa shape index (κ1) is 21.0. The van der Waals surface area contributed by atoms with Gasteiger partial charge in [-0.1, -0.05) is 78.6 Å². The van der Waals surface area contributed by atoms with E-state index < -0.39 is 12.1 Å². The molecule has 0 saturated heterocycles. The molecule has 0 spiro atoms.